The molecule has 0 aliphatic carbocycles. The summed E-state index contributed by atoms with van der Waals surface area (Å²) in [7, 11) is 0. The number of aryl methyl sites for hydroxylation is 2. The summed E-state index contributed by atoms with van der Waals surface area (Å²) in [5.41, 5.74) is 0. The summed E-state index contributed by atoms with van der Waals surface area (Å²) >= 11 is 11.9. The second kappa shape index (κ2) is 3.84. The standard InChI is InChI=1S/C8H8N2S4/c1-3-9-7(11)5(13-3)6-8(12)10-4(2)14-6/h11-12H,1-2H3. The molecule has 0 bridgehead atoms. The molecule has 0 spiro atoms. The molecule has 2 aromatic heterocycles. The predicted molar refractivity (Wildman–Crippen MR) is 67.2 cm³/mol. The van der Waals surface area contributed by atoms with Gasteiger partial charge in [0, 0.05) is 0 Å². The van der Waals surface area contributed by atoms with Gasteiger partial charge in [-0.1, -0.05) is 0 Å². The number of nitrogens with zero attached hydrogens (tertiary/aromatic N) is 2. The maximum atomic E-state index is 4.33. The van der Waals surface area contributed by atoms with E-state index in [9.17, 15) is 0 Å². The van der Waals surface area contributed by atoms with Crippen molar-refractivity contribution in [2.24, 2.45) is 0 Å². The summed E-state index contributed by atoms with van der Waals surface area (Å²) in [6.07, 6.45) is 0. The van der Waals surface area contributed by atoms with Crippen LogP contribution >= 0.6 is 47.9 Å². The van der Waals surface area contributed by atoms with E-state index in [1.165, 1.54) is 0 Å². The Bertz CT molecular complexity index is 427. The third kappa shape index (κ3) is 1.84. The summed E-state index contributed by atoms with van der Waals surface area (Å²) in [4.78, 5) is 10.7. The zero-order valence-corrected chi connectivity index (χ0v) is 11.0. The fourth-order valence-electron chi connectivity index (χ4n) is 1.13. The maximum absolute atomic E-state index is 4.33. The van der Waals surface area contributed by atoms with Crippen molar-refractivity contribution in [3.63, 3.8) is 0 Å². The summed E-state index contributed by atoms with van der Waals surface area (Å²) in [5.74, 6) is 0. The van der Waals surface area contributed by atoms with Gasteiger partial charge in [0.15, 0.2) is 0 Å². The molecule has 0 aliphatic rings. The van der Waals surface area contributed by atoms with Crippen molar-refractivity contribution in [1.82, 2.24) is 9.97 Å². The van der Waals surface area contributed by atoms with Crippen molar-refractivity contribution in [1.29, 1.82) is 0 Å². The highest BCUT2D eigenvalue weighted by molar-refractivity contribution is 7.81. The summed E-state index contributed by atoms with van der Waals surface area (Å²) < 4.78 is 0. The lowest BCUT2D eigenvalue weighted by Gasteiger charge is -1.92. The Morgan fingerprint density at radius 2 is 1.21 bits per heavy atom. The van der Waals surface area contributed by atoms with Gasteiger partial charge in [-0.25, -0.2) is 9.97 Å². The molecule has 74 valence electrons. The SMILES string of the molecule is Cc1nc(S)c(-c2sc(C)nc2S)s1. The molecule has 0 fully saturated rings. The van der Waals surface area contributed by atoms with Gasteiger partial charge in [0.05, 0.1) is 19.8 Å². The Kier molecular flexibility index (Phi) is 2.88. The Morgan fingerprint density at radius 1 is 0.857 bits per heavy atom. The molecule has 14 heavy (non-hydrogen) atoms. The first-order chi connectivity index (χ1) is 6.58. The van der Waals surface area contributed by atoms with E-state index in [0.717, 1.165) is 29.8 Å². The summed E-state index contributed by atoms with van der Waals surface area (Å²) in [5, 5.41) is 3.57. The fraction of sp³-hybridized carbons (Fsp3) is 0.250. The minimum Gasteiger partial charge on any atom is -0.235 e. The van der Waals surface area contributed by atoms with E-state index < -0.39 is 0 Å². The molecule has 0 saturated carbocycles. The summed E-state index contributed by atoms with van der Waals surface area (Å²) in [6.45, 7) is 3.94. The van der Waals surface area contributed by atoms with Crippen LogP contribution < -0.4 is 0 Å². The lowest BCUT2D eigenvalue weighted by atomic mass is 10.5. The topological polar surface area (TPSA) is 25.8 Å². The van der Waals surface area contributed by atoms with Gasteiger partial charge in [-0.15, -0.1) is 47.9 Å². The third-order valence-electron chi connectivity index (χ3n) is 1.64. The molecule has 0 atom stereocenters. The number of thiazole rings is 2. The molecule has 6 heteroatoms. The first-order valence-electron chi connectivity index (χ1n) is 3.91. The van der Waals surface area contributed by atoms with Crippen LogP contribution in [0.15, 0.2) is 10.1 Å². The molecule has 2 heterocycles. The molecule has 0 aliphatic heterocycles. The molecule has 0 amide bonds. The monoisotopic (exact) mass is 260 g/mol. The Morgan fingerprint density at radius 3 is 1.43 bits per heavy atom. The van der Waals surface area contributed by atoms with Crippen LogP contribution in [0, 0.1) is 13.8 Å². The zero-order chi connectivity index (χ0) is 10.3. The number of hydrogen-bond acceptors (Lipinski definition) is 6. The predicted octanol–water partition coefficient (Wildman–Crippen LogP) is 3.46. The van der Waals surface area contributed by atoms with Crippen molar-refractivity contribution < 1.29 is 0 Å². The van der Waals surface area contributed by atoms with Crippen molar-refractivity contribution in [3.05, 3.63) is 10.0 Å². The average Bonchev–Trinajstić information content (AvgIpc) is 2.55. The second-order valence-corrected chi connectivity index (χ2v) is 6.02. The van der Waals surface area contributed by atoms with Gasteiger partial charge in [-0.05, 0) is 13.8 Å². The largest absolute Gasteiger partial charge is 0.235 e. The molecule has 2 aromatic rings. The van der Waals surface area contributed by atoms with E-state index >= 15 is 0 Å². The van der Waals surface area contributed by atoms with Crippen LogP contribution in [0.5, 0.6) is 0 Å². The van der Waals surface area contributed by atoms with Gasteiger partial charge < -0.3 is 0 Å². The molecule has 0 aromatic carbocycles. The molecule has 0 radical (unpaired) electrons. The second-order valence-electron chi connectivity index (χ2n) is 2.77. The molecular weight excluding hydrogens is 252 g/mol. The van der Waals surface area contributed by atoms with Gasteiger partial charge in [0.1, 0.15) is 10.1 Å². The van der Waals surface area contributed by atoms with E-state index in [1.807, 2.05) is 13.8 Å². The highest BCUT2D eigenvalue weighted by Crippen LogP contribution is 2.39. The van der Waals surface area contributed by atoms with Crippen LogP contribution in [0.2, 0.25) is 0 Å². The third-order valence-corrected chi connectivity index (χ3v) is 4.69. The van der Waals surface area contributed by atoms with Crippen LogP contribution in [-0.4, -0.2) is 9.97 Å². The smallest absolute Gasteiger partial charge is 0.113 e. The molecule has 0 N–H and O–H groups in total. The van der Waals surface area contributed by atoms with Crippen LogP contribution in [0.25, 0.3) is 9.75 Å². The van der Waals surface area contributed by atoms with Crippen molar-refractivity contribution in [3.8, 4) is 9.75 Å². The number of rotatable bonds is 1. The van der Waals surface area contributed by atoms with Crippen molar-refractivity contribution in [2.45, 2.75) is 23.9 Å². The maximum Gasteiger partial charge on any atom is 0.113 e. The van der Waals surface area contributed by atoms with E-state index in [4.69, 9.17) is 0 Å². The first kappa shape index (κ1) is 10.5. The number of hydrogen-bond donors (Lipinski definition) is 2. The van der Waals surface area contributed by atoms with Crippen LogP contribution in [-0.2, 0) is 0 Å². The molecule has 2 rings (SSSR count). The van der Waals surface area contributed by atoms with Crippen molar-refractivity contribution in [2.75, 3.05) is 0 Å². The normalized spacial score (nSPS) is 10.9. The van der Waals surface area contributed by atoms with Gasteiger partial charge in [0.25, 0.3) is 0 Å². The molecular formula is C8H8N2S4. The Balaban J connectivity index is 2.59. The van der Waals surface area contributed by atoms with Gasteiger partial charge in [0.2, 0.25) is 0 Å². The fourth-order valence-corrected chi connectivity index (χ4v) is 3.98. The molecule has 2 nitrogen and oxygen atoms in total. The van der Waals surface area contributed by atoms with Gasteiger partial charge in [-0.3, -0.25) is 0 Å². The Labute approximate surface area is 101 Å². The summed E-state index contributed by atoms with van der Waals surface area (Å²) in [6, 6.07) is 0. The highest BCUT2D eigenvalue weighted by Gasteiger charge is 2.14. The van der Waals surface area contributed by atoms with Gasteiger partial charge in [-0.2, -0.15) is 0 Å². The van der Waals surface area contributed by atoms with E-state index in [2.05, 4.69) is 35.2 Å². The van der Waals surface area contributed by atoms with E-state index in [1.54, 1.807) is 22.7 Å². The zero-order valence-electron chi connectivity index (χ0n) is 7.61. The molecule has 0 saturated heterocycles. The van der Waals surface area contributed by atoms with Crippen molar-refractivity contribution >= 4 is 47.9 Å². The average molecular weight is 260 g/mol. The lowest BCUT2D eigenvalue weighted by Crippen LogP contribution is -1.71. The number of aromatic nitrogens is 2. The lowest BCUT2D eigenvalue weighted by molar-refractivity contribution is 1.13. The van der Waals surface area contributed by atoms with Crippen LogP contribution in [0.1, 0.15) is 10.0 Å². The quantitative estimate of drug-likeness (QED) is 0.768. The van der Waals surface area contributed by atoms with Crippen LogP contribution in [0.4, 0.5) is 0 Å². The van der Waals surface area contributed by atoms with Gasteiger partial charge >= 0.3 is 0 Å². The first-order valence-corrected chi connectivity index (χ1v) is 6.44. The minimum absolute atomic E-state index is 0.770. The van der Waals surface area contributed by atoms with Crippen LogP contribution in [0.3, 0.4) is 0 Å². The highest BCUT2D eigenvalue weighted by atomic mass is 32.1. The van der Waals surface area contributed by atoms with E-state index in [-0.39, 0.29) is 0 Å². The van der Waals surface area contributed by atoms with E-state index in [0.29, 0.717) is 0 Å². The minimum atomic E-state index is 0.770. The Hall–Kier alpha value is -0.0400. The molecule has 0 unspecified atom stereocenters. The number of thiol groups is 2.